The van der Waals surface area contributed by atoms with Gasteiger partial charge in [-0.1, -0.05) is 22.6 Å². The van der Waals surface area contributed by atoms with E-state index in [1.54, 1.807) is 0 Å². The molecule has 0 unspecified atom stereocenters. The Balaban J connectivity index is 2.45. The molecule has 3 heteroatoms. The first kappa shape index (κ1) is 10.7. The standard InChI is InChI=1S/C9H19IN2/c1-12-6-3-9(8-11,2-5-10)4-7-12/h2-8,11H2,1H3. The van der Waals surface area contributed by atoms with Crippen LogP contribution in [0.2, 0.25) is 0 Å². The maximum Gasteiger partial charge on any atom is 0.000105 e. The molecule has 0 atom stereocenters. The highest BCUT2D eigenvalue weighted by atomic mass is 127. The van der Waals surface area contributed by atoms with E-state index in [4.69, 9.17) is 5.73 Å². The first-order valence-corrected chi connectivity index (χ1v) is 6.19. The third kappa shape index (κ3) is 2.57. The van der Waals surface area contributed by atoms with E-state index in [-0.39, 0.29) is 0 Å². The fraction of sp³-hybridized carbons (Fsp3) is 1.00. The summed E-state index contributed by atoms with van der Waals surface area (Å²) < 4.78 is 1.25. The molecule has 0 bridgehead atoms. The van der Waals surface area contributed by atoms with Gasteiger partial charge in [-0.3, -0.25) is 0 Å². The van der Waals surface area contributed by atoms with Crippen LogP contribution in [0.25, 0.3) is 0 Å². The molecule has 2 nitrogen and oxygen atoms in total. The normalized spacial score (nSPS) is 24.2. The van der Waals surface area contributed by atoms with Gasteiger partial charge in [-0.15, -0.1) is 0 Å². The first-order valence-electron chi connectivity index (χ1n) is 4.67. The van der Waals surface area contributed by atoms with Crippen LogP contribution in [0.5, 0.6) is 0 Å². The quantitative estimate of drug-likeness (QED) is 0.627. The van der Waals surface area contributed by atoms with Crippen molar-refractivity contribution in [2.75, 3.05) is 31.1 Å². The summed E-state index contributed by atoms with van der Waals surface area (Å²) in [6.45, 7) is 3.34. The van der Waals surface area contributed by atoms with Crippen molar-refractivity contribution in [3.63, 3.8) is 0 Å². The Labute approximate surface area is 89.0 Å². The summed E-state index contributed by atoms with van der Waals surface area (Å²) in [6.07, 6.45) is 3.89. The molecular formula is C9H19IN2. The minimum absolute atomic E-state index is 0.480. The number of alkyl halides is 1. The van der Waals surface area contributed by atoms with Gasteiger partial charge in [-0.05, 0) is 51.4 Å². The van der Waals surface area contributed by atoms with E-state index in [9.17, 15) is 0 Å². The lowest BCUT2D eigenvalue weighted by Gasteiger charge is -2.39. The maximum atomic E-state index is 5.85. The van der Waals surface area contributed by atoms with Crippen LogP contribution in [-0.2, 0) is 0 Å². The Hall–Kier alpha value is 0.650. The third-order valence-electron chi connectivity index (χ3n) is 3.11. The van der Waals surface area contributed by atoms with E-state index < -0.39 is 0 Å². The zero-order chi connectivity index (χ0) is 9.03. The molecule has 1 aliphatic heterocycles. The Morgan fingerprint density at radius 1 is 1.42 bits per heavy atom. The van der Waals surface area contributed by atoms with E-state index in [2.05, 4.69) is 34.5 Å². The van der Waals surface area contributed by atoms with E-state index in [1.165, 1.54) is 36.8 Å². The molecule has 0 amide bonds. The Morgan fingerprint density at radius 3 is 2.42 bits per heavy atom. The van der Waals surface area contributed by atoms with E-state index in [1.807, 2.05) is 0 Å². The van der Waals surface area contributed by atoms with Gasteiger partial charge in [0.05, 0.1) is 0 Å². The fourth-order valence-corrected chi connectivity index (χ4v) is 2.99. The van der Waals surface area contributed by atoms with Gasteiger partial charge in [0, 0.05) is 4.43 Å². The largest absolute Gasteiger partial charge is 0.330 e. The zero-order valence-corrected chi connectivity index (χ0v) is 10.0. The van der Waals surface area contributed by atoms with Crippen molar-refractivity contribution in [1.29, 1.82) is 0 Å². The lowest BCUT2D eigenvalue weighted by atomic mass is 9.76. The number of halogens is 1. The number of nitrogens with zero attached hydrogens (tertiary/aromatic N) is 1. The van der Waals surface area contributed by atoms with Crippen molar-refractivity contribution in [2.24, 2.45) is 11.1 Å². The molecule has 2 N–H and O–H groups in total. The van der Waals surface area contributed by atoms with Crippen molar-refractivity contribution in [1.82, 2.24) is 4.90 Å². The summed E-state index contributed by atoms with van der Waals surface area (Å²) in [4.78, 5) is 2.40. The summed E-state index contributed by atoms with van der Waals surface area (Å²) in [6, 6.07) is 0. The number of rotatable bonds is 3. The van der Waals surface area contributed by atoms with Gasteiger partial charge in [-0.2, -0.15) is 0 Å². The number of nitrogens with two attached hydrogens (primary N) is 1. The lowest BCUT2D eigenvalue weighted by molar-refractivity contribution is 0.127. The summed E-state index contributed by atoms with van der Waals surface area (Å²) in [7, 11) is 2.20. The Kier molecular flexibility index (Phi) is 4.26. The van der Waals surface area contributed by atoms with Crippen LogP contribution in [0.1, 0.15) is 19.3 Å². The number of hydrogen-bond acceptors (Lipinski definition) is 2. The molecule has 1 heterocycles. The van der Waals surface area contributed by atoms with Gasteiger partial charge in [0.2, 0.25) is 0 Å². The lowest BCUT2D eigenvalue weighted by Crippen LogP contribution is -2.42. The Morgan fingerprint density at radius 2 is 2.00 bits per heavy atom. The van der Waals surface area contributed by atoms with Crippen molar-refractivity contribution in [3.05, 3.63) is 0 Å². The van der Waals surface area contributed by atoms with Crippen molar-refractivity contribution < 1.29 is 0 Å². The van der Waals surface area contributed by atoms with Crippen LogP contribution >= 0.6 is 22.6 Å². The highest BCUT2D eigenvalue weighted by Crippen LogP contribution is 2.33. The smallest absolute Gasteiger partial charge is 0.000105 e. The van der Waals surface area contributed by atoms with Crippen LogP contribution in [0.3, 0.4) is 0 Å². The van der Waals surface area contributed by atoms with Crippen LogP contribution in [-0.4, -0.2) is 36.0 Å². The molecule has 1 aliphatic rings. The van der Waals surface area contributed by atoms with Gasteiger partial charge in [0.25, 0.3) is 0 Å². The molecule has 1 fully saturated rings. The minimum atomic E-state index is 0.480. The minimum Gasteiger partial charge on any atom is -0.330 e. The van der Waals surface area contributed by atoms with E-state index >= 15 is 0 Å². The number of hydrogen-bond donors (Lipinski definition) is 1. The molecule has 72 valence electrons. The number of piperidine rings is 1. The highest BCUT2D eigenvalue weighted by Gasteiger charge is 2.31. The molecule has 0 aromatic carbocycles. The maximum absolute atomic E-state index is 5.85. The van der Waals surface area contributed by atoms with E-state index in [0.29, 0.717) is 5.41 Å². The monoisotopic (exact) mass is 282 g/mol. The van der Waals surface area contributed by atoms with Crippen molar-refractivity contribution in [2.45, 2.75) is 19.3 Å². The van der Waals surface area contributed by atoms with Crippen molar-refractivity contribution in [3.8, 4) is 0 Å². The van der Waals surface area contributed by atoms with Gasteiger partial charge >= 0.3 is 0 Å². The second kappa shape index (κ2) is 4.77. The molecule has 0 aliphatic carbocycles. The topological polar surface area (TPSA) is 29.3 Å². The Bertz CT molecular complexity index is 130. The van der Waals surface area contributed by atoms with Gasteiger partial charge in [0.15, 0.2) is 0 Å². The molecule has 0 aromatic rings. The molecule has 0 radical (unpaired) electrons. The molecular weight excluding hydrogens is 263 g/mol. The molecule has 1 saturated heterocycles. The fourth-order valence-electron chi connectivity index (χ4n) is 1.85. The summed E-state index contributed by atoms with van der Waals surface area (Å²) >= 11 is 2.46. The highest BCUT2D eigenvalue weighted by molar-refractivity contribution is 14.1. The predicted octanol–water partition coefficient (Wildman–Crippen LogP) is 1.48. The van der Waals surface area contributed by atoms with Crippen LogP contribution in [0.4, 0.5) is 0 Å². The second-order valence-electron chi connectivity index (χ2n) is 3.95. The van der Waals surface area contributed by atoms with E-state index in [0.717, 1.165) is 6.54 Å². The predicted molar refractivity (Wildman–Crippen MR) is 61.7 cm³/mol. The molecule has 0 spiro atoms. The van der Waals surface area contributed by atoms with Crippen LogP contribution in [0, 0.1) is 5.41 Å². The van der Waals surface area contributed by atoms with Gasteiger partial charge in [-0.25, -0.2) is 0 Å². The van der Waals surface area contributed by atoms with Crippen molar-refractivity contribution >= 4 is 22.6 Å². The first-order chi connectivity index (χ1) is 5.72. The average Bonchev–Trinajstić information content (AvgIpc) is 2.10. The summed E-state index contributed by atoms with van der Waals surface area (Å²) in [5, 5.41) is 0. The zero-order valence-electron chi connectivity index (χ0n) is 7.85. The average molecular weight is 282 g/mol. The second-order valence-corrected chi connectivity index (χ2v) is 5.03. The molecule has 1 rings (SSSR count). The summed E-state index contributed by atoms with van der Waals surface area (Å²) in [5.41, 5.74) is 6.33. The van der Waals surface area contributed by atoms with Gasteiger partial charge in [0.1, 0.15) is 0 Å². The van der Waals surface area contributed by atoms with Crippen LogP contribution < -0.4 is 5.73 Å². The SMILES string of the molecule is CN1CCC(CN)(CCI)CC1. The molecule has 0 saturated carbocycles. The molecule has 12 heavy (non-hydrogen) atoms. The third-order valence-corrected chi connectivity index (χ3v) is 3.64. The molecule has 0 aromatic heterocycles. The van der Waals surface area contributed by atoms with Gasteiger partial charge < -0.3 is 10.6 Å². The summed E-state index contributed by atoms with van der Waals surface area (Å²) in [5.74, 6) is 0. The number of likely N-dealkylation sites (tertiary alicyclic amines) is 1. The van der Waals surface area contributed by atoms with Crippen LogP contribution in [0.15, 0.2) is 0 Å².